The fraction of sp³-hybridized carbons (Fsp3) is 0.471. The van der Waals surface area contributed by atoms with Gasteiger partial charge in [0, 0.05) is 11.6 Å². The van der Waals surface area contributed by atoms with Crippen molar-refractivity contribution < 1.29 is 9.53 Å². The molecule has 0 unspecified atom stereocenters. The predicted molar refractivity (Wildman–Crippen MR) is 87.5 cm³/mol. The molecule has 1 atom stereocenters. The second kappa shape index (κ2) is 9.19. The van der Waals surface area contributed by atoms with Crippen molar-refractivity contribution in [3.05, 3.63) is 35.4 Å². The number of unbranched alkanes of at least 4 members (excludes halogenated alkanes) is 1. The molecule has 4 nitrogen and oxygen atoms in total. The maximum absolute atomic E-state index is 11.6. The van der Waals surface area contributed by atoms with Crippen LogP contribution in [-0.4, -0.2) is 25.6 Å². The van der Waals surface area contributed by atoms with Gasteiger partial charge in [0.1, 0.15) is 5.75 Å². The Morgan fingerprint density at radius 2 is 2.19 bits per heavy atom. The van der Waals surface area contributed by atoms with E-state index >= 15 is 0 Å². The molecule has 0 aliphatic carbocycles. The number of rotatable bonds is 9. The van der Waals surface area contributed by atoms with Gasteiger partial charge in [-0.25, -0.2) is 0 Å². The molecule has 3 N–H and O–H groups in total. The highest BCUT2D eigenvalue weighted by atomic mass is 16.5. The zero-order valence-electron chi connectivity index (χ0n) is 13.2. The van der Waals surface area contributed by atoms with E-state index in [-0.39, 0.29) is 0 Å². The first kappa shape index (κ1) is 17.2. The Labute approximate surface area is 127 Å². The Balaban J connectivity index is 3.05. The van der Waals surface area contributed by atoms with Gasteiger partial charge >= 0.3 is 0 Å². The van der Waals surface area contributed by atoms with Gasteiger partial charge in [0.15, 0.2) is 0 Å². The fourth-order valence-corrected chi connectivity index (χ4v) is 2.02. The smallest absolute Gasteiger partial charge is 0.252 e. The third-order valence-corrected chi connectivity index (χ3v) is 3.37. The summed E-state index contributed by atoms with van der Waals surface area (Å²) in [5.74, 6) is 0.123. The lowest BCUT2D eigenvalue weighted by molar-refractivity contribution is 0.0996. The number of likely N-dealkylation sites (N-methyl/N-ethyl adjacent to an activating group) is 1. The highest BCUT2D eigenvalue weighted by Gasteiger charge is 2.12. The minimum absolute atomic E-state index is 0.297. The molecular weight excluding hydrogens is 264 g/mol. The molecule has 0 fully saturated rings. The summed E-state index contributed by atoms with van der Waals surface area (Å²) >= 11 is 0. The first-order valence-electron chi connectivity index (χ1n) is 7.55. The van der Waals surface area contributed by atoms with E-state index in [1.807, 2.05) is 25.3 Å². The van der Waals surface area contributed by atoms with Gasteiger partial charge in [0.25, 0.3) is 5.91 Å². The summed E-state index contributed by atoms with van der Waals surface area (Å²) in [5, 5.41) is 3.21. The van der Waals surface area contributed by atoms with Crippen LogP contribution in [0.3, 0.4) is 0 Å². The third-order valence-electron chi connectivity index (χ3n) is 3.37. The zero-order chi connectivity index (χ0) is 15.7. The van der Waals surface area contributed by atoms with Crippen LogP contribution in [0.2, 0.25) is 0 Å². The lowest BCUT2D eigenvalue weighted by Gasteiger charge is -2.13. The lowest BCUT2D eigenvalue weighted by atomic mass is 10.1. The Kier molecular flexibility index (Phi) is 7.54. The van der Waals surface area contributed by atoms with Crippen LogP contribution >= 0.6 is 0 Å². The van der Waals surface area contributed by atoms with Gasteiger partial charge in [0.2, 0.25) is 0 Å². The van der Waals surface area contributed by atoms with Crippen molar-refractivity contribution in [3.8, 4) is 5.75 Å². The van der Waals surface area contributed by atoms with E-state index in [1.165, 1.54) is 0 Å². The van der Waals surface area contributed by atoms with Crippen molar-refractivity contribution in [2.75, 3.05) is 13.7 Å². The summed E-state index contributed by atoms with van der Waals surface area (Å²) in [4.78, 5) is 11.6. The molecule has 0 radical (unpaired) electrons. The van der Waals surface area contributed by atoms with Crippen molar-refractivity contribution in [3.63, 3.8) is 0 Å². The molecule has 0 aliphatic heterocycles. The van der Waals surface area contributed by atoms with Crippen LogP contribution in [-0.2, 0) is 0 Å². The number of ether oxygens (including phenoxy) is 1. The number of carbonyl (C=O) groups is 1. The van der Waals surface area contributed by atoms with Crippen molar-refractivity contribution in [1.29, 1.82) is 0 Å². The molecule has 0 bridgehead atoms. The summed E-state index contributed by atoms with van der Waals surface area (Å²) < 4.78 is 5.80. The van der Waals surface area contributed by atoms with Crippen LogP contribution in [0, 0.1) is 0 Å². The number of benzene rings is 1. The third kappa shape index (κ3) is 5.23. The van der Waals surface area contributed by atoms with Gasteiger partial charge in [-0.15, -0.1) is 0 Å². The van der Waals surface area contributed by atoms with E-state index in [1.54, 1.807) is 6.07 Å². The van der Waals surface area contributed by atoms with Crippen molar-refractivity contribution >= 4 is 12.0 Å². The van der Waals surface area contributed by atoms with Gasteiger partial charge in [-0.3, -0.25) is 4.79 Å². The molecule has 0 spiro atoms. The Hall–Kier alpha value is -1.81. The number of amides is 1. The van der Waals surface area contributed by atoms with Crippen molar-refractivity contribution in [2.45, 2.75) is 39.2 Å². The molecule has 4 heteroatoms. The van der Waals surface area contributed by atoms with Crippen LogP contribution in [0.15, 0.2) is 24.3 Å². The molecule has 0 aliphatic rings. The van der Waals surface area contributed by atoms with Gasteiger partial charge in [-0.2, -0.15) is 0 Å². The Morgan fingerprint density at radius 3 is 2.76 bits per heavy atom. The highest BCUT2D eigenvalue weighted by molar-refractivity contribution is 5.96. The number of primary amides is 1. The summed E-state index contributed by atoms with van der Waals surface area (Å²) in [6.07, 6.45) is 7.05. The van der Waals surface area contributed by atoms with E-state index in [4.69, 9.17) is 10.5 Å². The fourth-order valence-electron chi connectivity index (χ4n) is 2.02. The minimum Gasteiger partial charge on any atom is -0.492 e. The molecule has 1 rings (SSSR count). The van der Waals surface area contributed by atoms with E-state index in [0.29, 0.717) is 24.0 Å². The van der Waals surface area contributed by atoms with Gasteiger partial charge < -0.3 is 15.8 Å². The number of hydrogen-bond donors (Lipinski definition) is 2. The molecule has 0 heterocycles. The van der Waals surface area contributed by atoms with Gasteiger partial charge in [0.05, 0.1) is 12.2 Å². The second-order valence-electron chi connectivity index (χ2n) is 4.95. The van der Waals surface area contributed by atoms with Crippen molar-refractivity contribution in [1.82, 2.24) is 5.32 Å². The van der Waals surface area contributed by atoms with Crippen LogP contribution in [0.5, 0.6) is 5.75 Å². The predicted octanol–water partition coefficient (Wildman–Crippen LogP) is 2.98. The summed E-state index contributed by atoms with van der Waals surface area (Å²) in [7, 11) is 1.93. The molecule has 0 aromatic heterocycles. The highest BCUT2D eigenvalue weighted by Crippen LogP contribution is 2.25. The van der Waals surface area contributed by atoms with E-state index in [2.05, 4.69) is 25.2 Å². The minimum atomic E-state index is -0.461. The quantitative estimate of drug-likeness (QED) is 0.687. The second-order valence-corrected chi connectivity index (χ2v) is 4.95. The van der Waals surface area contributed by atoms with Gasteiger partial charge in [-0.05, 0) is 26.0 Å². The summed E-state index contributed by atoms with van der Waals surface area (Å²) in [6, 6.07) is 5.76. The number of carbonyl (C=O) groups excluding carboxylic acids is 1. The number of para-hydroxylation sites is 1. The average molecular weight is 290 g/mol. The first-order chi connectivity index (χ1) is 10.1. The SMILES string of the molecule is CCCCOc1c(/C=C/[C@@H](CC)NC)cccc1C(N)=O. The molecule has 0 saturated heterocycles. The van der Waals surface area contributed by atoms with Crippen LogP contribution in [0.1, 0.15) is 49.0 Å². The van der Waals surface area contributed by atoms with Crippen LogP contribution in [0.4, 0.5) is 0 Å². The Bertz CT molecular complexity index is 480. The Morgan fingerprint density at radius 1 is 1.43 bits per heavy atom. The molecule has 116 valence electrons. The van der Waals surface area contributed by atoms with Gasteiger partial charge in [-0.1, -0.05) is 44.6 Å². The topological polar surface area (TPSA) is 64.3 Å². The normalized spacial score (nSPS) is 12.5. The maximum atomic E-state index is 11.6. The zero-order valence-corrected chi connectivity index (χ0v) is 13.2. The number of nitrogens with two attached hydrogens (primary N) is 1. The molecule has 1 aromatic rings. The molecule has 1 aromatic carbocycles. The standard InChI is InChI=1S/C17H26N2O2/c1-4-6-12-21-16-13(10-11-14(5-2)19-3)8-7-9-15(16)17(18)20/h7-11,14,19H,4-6,12H2,1-3H3,(H2,18,20)/b11-10+/t14-/m1/s1. The molecular formula is C17H26N2O2. The van der Waals surface area contributed by atoms with Crippen LogP contribution in [0.25, 0.3) is 6.08 Å². The molecule has 0 saturated carbocycles. The average Bonchev–Trinajstić information content (AvgIpc) is 2.49. The van der Waals surface area contributed by atoms with Crippen LogP contribution < -0.4 is 15.8 Å². The molecule has 21 heavy (non-hydrogen) atoms. The molecule has 1 amide bonds. The van der Waals surface area contributed by atoms with E-state index in [9.17, 15) is 4.79 Å². The lowest BCUT2D eigenvalue weighted by Crippen LogP contribution is -2.21. The first-order valence-corrected chi connectivity index (χ1v) is 7.55. The summed E-state index contributed by atoms with van der Waals surface area (Å²) in [5.41, 5.74) is 6.76. The van der Waals surface area contributed by atoms with E-state index < -0.39 is 5.91 Å². The van der Waals surface area contributed by atoms with Crippen molar-refractivity contribution in [2.24, 2.45) is 5.73 Å². The number of nitrogens with one attached hydrogen (secondary N) is 1. The number of hydrogen-bond acceptors (Lipinski definition) is 3. The monoisotopic (exact) mass is 290 g/mol. The van der Waals surface area contributed by atoms with E-state index in [0.717, 1.165) is 24.8 Å². The summed E-state index contributed by atoms with van der Waals surface area (Å²) in [6.45, 7) is 4.80. The largest absolute Gasteiger partial charge is 0.492 e. The maximum Gasteiger partial charge on any atom is 0.252 e.